The number of carbonyl (C=O) groups excluding carboxylic acids is 2. The van der Waals surface area contributed by atoms with Gasteiger partial charge in [-0.25, -0.2) is 0 Å². The molecule has 1 amide bonds. The number of aliphatic hydroxyl groups excluding tert-OH is 1. The first-order chi connectivity index (χ1) is 10.3. The third kappa shape index (κ3) is 3.67. The SMILES string of the molecule is C=CCNC(=S)SC1=C(C(=O)[O-])N2C(=O)C(C(C)O)C2C1C.[Na+]. The molecule has 2 heterocycles. The summed E-state index contributed by atoms with van der Waals surface area (Å²) in [5, 5.41) is 24.1. The van der Waals surface area contributed by atoms with Crippen LogP contribution in [0.5, 0.6) is 0 Å². The molecule has 2 N–H and O–H groups in total. The predicted octanol–water partition coefficient (Wildman–Crippen LogP) is -3.40. The van der Waals surface area contributed by atoms with Gasteiger partial charge in [-0.15, -0.1) is 6.58 Å². The van der Waals surface area contributed by atoms with Crippen molar-refractivity contribution in [3.8, 4) is 0 Å². The number of thiocarbonyl (C=S) groups is 1. The zero-order valence-corrected chi connectivity index (χ0v) is 16.9. The molecule has 4 atom stereocenters. The Kier molecular flexibility index (Phi) is 7.31. The Bertz CT molecular complexity index is 579. The van der Waals surface area contributed by atoms with Gasteiger partial charge in [-0.2, -0.15) is 0 Å². The number of hydrogen-bond acceptors (Lipinski definition) is 6. The number of rotatable bonds is 5. The zero-order valence-electron chi connectivity index (χ0n) is 13.2. The number of amides is 1. The van der Waals surface area contributed by atoms with Crippen molar-refractivity contribution >= 4 is 40.2 Å². The van der Waals surface area contributed by atoms with Crippen LogP contribution in [0, 0.1) is 11.8 Å². The predicted molar refractivity (Wildman–Crippen MR) is 85.4 cm³/mol. The van der Waals surface area contributed by atoms with Gasteiger partial charge in [-0.05, 0) is 6.92 Å². The van der Waals surface area contributed by atoms with Gasteiger partial charge in [0.25, 0.3) is 0 Å². The molecule has 0 aromatic heterocycles. The number of nitrogens with zero attached hydrogens (tertiary/aromatic N) is 1. The molecular formula is C14H17N2NaO4S2. The summed E-state index contributed by atoms with van der Waals surface area (Å²) in [5.41, 5.74) is -0.132. The molecule has 2 aliphatic rings. The van der Waals surface area contributed by atoms with E-state index in [1.165, 1.54) is 11.8 Å². The summed E-state index contributed by atoms with van der Waals surface area (Å²) in [7, 11) is 0. The van der Waals surface area contributed by atoms with Crippen LogP contribution in [-0.2, 0) is 9.59 Å². The van der Waals surface area contributed by atoms with E-state index >= 15 is 0 Å². The second-order valence-electron chi connectivity index (χ2n) is 5.31. The fraction of sp³-hybridized carbons (Fsp3) is 0.500. The summed E-state index contributed by atoms with van der Waals surface area (Å²) in [6, 6.07) is -0.356. The molecule has 1 fully saturated rings. The Labute approximate surface area is 166 Å². The smallest absolute Gasteiger partial charge is 0.543 e. The van der Waals surface area contributed by atoms with Crippen molar-refractivity contribution in [3.05, 3.63) is 23.3 Å². The molecule has 0 bridgehead atoms. The number of thioether (sulfide) groups is 1. The molecule has 6 nitrogen and oxygen atoms in total. The average molecular weight is 364 g/mol. The normalized spacial score (nSPS) is 26.8. The van der Waals surface area contributed by atoms with E-state index in [-0.39, 0.29) is 53.1 Å². The summed E-state index contributed by atoms with van der Waals surface area (Å²) >= 11 is 6.27. The molecule has 23 heavy (non-hydrogen) atoms. The molecule has 2 aliphatic heterocycles. The minimum atomic E-state index is -1.40. The molecule has 0 spiro atoms. The van der Waals surface area contributed by atoms with Gasteiger partial charge in [0.1, 0.15) is 4.32 Å². The Morgan fingerprint density at radius 3 is 2.74 bits per heavy atom. The molecule has 0 aromatic carbocycles. The van der Waals surface area contributed by atoms with Gasteiger partial charge in [0, 0.05) is 17.4 Å². The zero-order chi connectivity index (χ0) is 16.6. The molecule has 4 unspecified atom stereocenters. The topological polar surface area (TPSA) is 92.7 Å². The van der Waals surface area contributed by atoms with E-state index in [1.807, 2.05) is 6.92 Å². The number of carboxylic acid groups (broad SMARTS) is 1. The summed E-state index contributed by atoms with van der Waals surface area (Å²) in [6.45, 7) is 7.40. The van der Waals surface area contributed by atoms with Crippen molar-refractivity contribution in [2.24, 2.45) is 11.8 Å². The quantitative estimate of drug-likeness (QED) is 0.227. The Morgan fingerprint density at radius 1 is 1.65 bits per heavy atom. The van der Waals surface area contributed by atoms with E-state index < -0.39 is 18.0 Å². The maximum atomic E-state index is 12.1. The van der Waals surface area contributed by atoms with Crippen LogP contribution in [0.2, 0.25) is 0 Å². The van der Waals surface area contributed by atoms with Gasteiger partial charge in [-0.3, -0.25) is 4.79 Å². The summed E-state index contributed by atoms with van der Waals surface area (Å²) in [4.78, 5) is 25.3. The van der Waals surface area contributed by atoms with Gasteiger partial charge >= 0.3 is 29.6 Å². The van der Waals surface area contributed by atoms with E-state index in [4.69, 9.17) is 12.2 Å². The van der Waals surface area contributed by atoms with Crippen LogP contribution in [0.25, 0.3) is 0 Å². The molecule has 2 rings (SSSR count). The summed E-state index contributed by atoms with van der Waals surface area (Å²) < 4.78 is 0.407. The van der Waals surface area contributed by atoms with Crippen LogP contribution < -0.4 is 40.0 Å². The third-order valence-electron chi connectivity index (χ3n) is 3.90. The van der Waals surface area contributed by atoms with Crippen LogP contribution in [0.15, 0.2) is 23.3 Å². The Hall–Kier alpha value is -0.380. The van der Waals surface area contributed by atoms with E-state index in [2.05, 4.69) is 11.9 Å². The fourth-order valence-corrected chi connectivity index (χ4v) is 4.25. The maximum Gasteiger partial charge on any atom is 1.00 e. The maximum absolute atomic E-state index is 12.1. The molecule has 0 radical (unpaired) electrons. The molecule has 120 valence electrons. The van der Waals surface area contributed by atoms with E-state index in [0.29, 0.717) is 15.8 Å². The van der Waals surface area contributed by atoms with Crippen molar-refractivity contribution in [3.63, 3.8) is 0 Å². The Balaban J connectivity index is 0.00000264. The molecule has 9 heteroatoms. The third-order valence-corrected chi connectivity index (χ3v) is 5.40. The number of aliphatic hydroxyl groups is 1. The number of β-lactam (4-membered cyclic amide) rings is 1. The number of carbonyl (C=O) groups is 2. The summed E-state index contributed by atoms with van der Waals surface area (Å²) in [6.07, 6.45) is 0.813. The summed E-state index contributed by atoms with van der Waals surface area (Å²) in [5.74, 6) is -2.59. The average Bonchev–Trinajstić information content (AvgIpc) is 2.66. The van der Waals surface area contributed by atoms with Gasteiger partial charge in [-0.1, -0.05) is 37.0 Å². The minimum Gasteiger partial charge on any atom is -0.543 e. The van der Waals surface area contributed by atoms with Crippen molar-refractivity contribution in [1.29, 1.82) is 0 Å². The van der Waals surface area contributed by atoms with Crippen molar-refractivity contribution < 1.29 is 49.4 Å². The van der Waals surface area contributed by atoms with Gasteiger partial charge < -0.3 is 25.2 Å². The molecule has 0 aliphatic carbocycles. The van der Waals surface area contributed by atoms with Gasteiger partial charge in [0.05, 0.1) is 29.7 Å². The van der Waals surface area contributed by atoms with Crippen LogP contribution in [0.1, 0.15) is 13.8 Å². The number of fused-ring (bicyclic) bond motifs is 1. The van der Waals surface area contributed by atoms with Crippen molar-refractivity contribution in [1.82, 2.24) is 10.2 Å². The van der Waals surface area contributed by atoms with Crippen LogP contribution in [0.4, 0.5) is 0 Å². The first kappa shape index (κ1) is 20.7. The first-order valence-electron chi connectivity index (χ1n) is 6.84. The number of hydrogen-bond donors (Lipinski definition) is 2. The van der Waals surface area contributed by atoms with Crippen molar-refractivity contribution in [2.45, 2.75) is 26.0 Å². The minimum absolute atomic E-state index is 0. The van der Waals surface area contributed by atoms with E-state index in [9.17, 15) is 19.8 Å². The monoisotopic (exact) mass is 364 g/mol. The van der Waals surface area contributed by atoms with E-state index in [1.54, 1.807) is 6.08 Å². The van der Waals surface area contributed by atoms with Crippen LogP contribution in [-0.4, -0.2) is 44.9 Å². The Morgan fingerprint density at radius 2 is 2.26 bits per heavy atom. The second kappa shape index (κ2) is 8.13. The molecular weight excluding hydrogens is 347 g/mol. The first-order valence-corrected chi connectivity index (χ1v) is 8.07. The number of carboxylic acids is 1. The fourth-order valence-electron chi connectivity index (χ4n) is 2.94. The van der Waals surface area contributed by atoms with Crippen molar-refractivity contribution in [2.75, 3.05) is 6.54 Å². The molecule has 0 aromatic rings. The van der Waals surface area contributed by atoms with Crippen LogP contribution in [0.3, 0.4) is 0 Å². The van der Waals surface area contributed by atoms with Gasteiger partial charge in [0.15, 0.2) is 0 Å². The second-order valence-corrected chi connectivity index (χ2v) is 7.03. The molecule has 0 saturated carbocycles. The largest absolute Gasteiger partial charge is 1.00 e. The van der Waals surface area contributed by atoms with Gasteiger partial charge in [0.2, 0.25) is 5.91 Å². The standard InChI is InChI=1S/C14H18N2O4S2.Na/c1-4-5-15-14(21)22-11-6(2)9-8(7(3)17)12(18)16(9)10(11)13(19)20;/h4,6-9,17H,1,5H2,2-3H3,(H,15,21)(H,19,20);/q;+1/p-1. The van der Waals surface area contributed by atoms with Crippen LogP contribution >= 0.6 is 24.0 Å². The molecule has 1 saturated heterocycles. The van der Waals surface area contributed by atoms with E-state index in [0.717, 1.165) is 11.8 Å². The number of aliphatic carboxylic acids is 1. The number of nitrogens with one attached hydrogen (secondary N) is 1.